The van der Waals surface area contributed by atoms with Crippen molar-refractivity contribution in [2.75, 3.05) is 0 Å². The molecule has 0 radical (unpaired) electrons. The predicted octanol–water partition coefficient (Wildman–Crippen LogP) is 2.90. The van der Waals surface area contributed by atoms with E-state index < -0.39 is 0 Å². The third-order valence-corrected chi connectivity index (χ3v) is 6.28. The van der Waals surface area contributed by atoms with Crippen LogP contribution in [-0.2, 0) is 6.54 Å². The molecule has 1 unspecified atom stereocenters. The highest BCUT2D eigenvalue weighted by Crippen LogP contribution is 2.57. The van der Waals surface area contributed by atoms with E-state index in [1.54, 1.807) is 0 Å². The quantitative estimate of drug-likeness (QED) is 0.920. The Morgan fingerprint density at radius 1 is 1.15 bits per heavy atom. The van der Waals surface area contributed by atoms with E-state index in [2.05, 4.69) is 29.7 Å². The number of nitrogens with two attached hydrogens (primary N) is 1. The Labute approximate surface area is 121 Å². The van der Waals surface area contributed by atoms with Gasteiger partial charge >= 0.3 is 0 Å². The topological polar surface area (TPSA) is 43.8 Å². The molecule has 4 saturated carbocycles. The molecule has 2 N–H and O–H groups in total. The van der Waals surface area contributed by atoms with Gasteiger partial charge in [-0.2, -0.15) is 5.10 Å². The zero-order valence-electron chi connectivity index (χ0n) is 12.8. The number of hydrogen-bond donors (Lipinski definition) is 1. The molecule has 0 saturated heterocycles. The fourth-order valence-electron chi connectivity index (χ4n) is 5.85. The second-order valence-electron chi connectivity index (χ2n) is 7.78. The number of rotatable bonds is 3. The Morgan fingerprint density at radius 3 is 2.25 bits per heavy atom. The Kier molecular flexibility index (Phi) is 2.95. The van der Waals surface area contributed by atoms with Crippen LogP contribution in [0.4, 0.5) is 0 Å². The van der Waals surface area contributed by atoms with E-state index in [1.165, 1.54) is 37.8 Å². The summed E-state index contributed by atoms with van der Waals surface area (Å²) in [5, 5.41) is 4.60. The van der Waals surface area contributed by atoms with E-state index in [4.69, 9.17) is 5.73 Å². The minimum absolute atomic E-state index is 0.294. The molecular weight excluding hydrogens is 246 g/mol. The molecule has 4 fully saturated rings. The second kappa shape index (κ2) is 4.59. The lowest BCUT2D eigenvalue weighted by Crippen LogP contribution is -2.52. The zero-order chi connectivity index (χ0) is 13.9. The normalized spacial score (nSPS) is 40.2. The van der Waals surface area contributed by atoms with Crippen LogP contribution < -0.4 is 5.73 Å². The number of aryl methyl sites for hydroxylation is 2. The van der Waals surface area contributed by atoms with Gasteiger partial charge in [0.25, 0.3) is 0 Å². The minimum atomic E-state index is 0.294. The van der Waals surface area contributed by atoms with Crippen molar-refractivity contribution in [2.45, 2.75) is 58.5 Å². The van der Waals surface area contributed by atoms with Crippen LogP contribution in [0, 0.1) is 43.4 Å². The van der Waals surface area contributed by atoms with Crippen molar-refractivity contribution in [3.63, 3.8) is 0 Å². The molecule has 0 aromatic carbocycles. The van der Waals surface area contributed by atoms with E-state index in [0.717, 1.165) is 41.8 Å². The molecule has 5 rings (SSSR count). The molecule has 110 valence electrons. The molecule has 3 heteroatoms. The Hall–Kier alpha value is -0.830. The van der Waals surface area contributed by atoms with Crippen LogP contribution in [0.15, 0.2) is 6.07 Å². The Morgan fingerprint density at radius 2 is 1.75 bits per heavy atom. The van der Waals surface area contributed by atoms with Gasteiger partial charge < -0.3 is 5.73 Å². The number of aromatic nitrogens is 2. The first-order valence-corrected chi connectivity index (χ1v) is 8.36. The summed E-state index contributed by atoms with van der Waals surface area (Å²) in [6.45, 7) is 5.12. The van der Waals surface area contributed by atoms with Crippen molar-refractivity contribution >= 4 is 0 Å². The highest BCUT2D eigenvalue weighted by Gasteiger charge is 2.49. The third kappa shape index (κ3) is 2.02. The van der Waals surface area contributed by atoms with Gasteiger partial charge in [-0.1, -0.05) is 0 Å². The Balaban J connectivity index is 1.51. The summed E-state index contributed by atoms with van der Waals surface area (Å²) < 4.78 is 2.13. The minimum Gasteiger partial charge on any atom is -0.326 e. The van der Waals surface area contributed by atoms with Crippen LogP contribution in [0.1, 0.15) is 43.5 Å². The van der Waals surface area contributed by atoms with Gasteiger partial charge in [-0.05, 0) is 81.6 Å². The highest BCUT2D eigenvalue weighted by atomic mass is 15.3. The van der Waals surface area contributed by atoms with Crippen LogP contribution in [-0.4, -0.2) is 15.8 Å². The summed E-state index contributed by atoms with van der Waals surface area (Å²) >= 11 is 0. The summed E-state index contributed by atoms with van der Waals surface area (Å²) in [5.74, 6) is 4.66. The van der Waals surface area contributed by atoms with Gasteiger partial charge in [-0.25, -0.2) is 0 Å². The highest BCUT2D eigenvalue weighted by molar-refractivity contribution is 5.07. The molecule has 3 nitrogen and oxygen atoms in total. The van der Waals surface area contributed by atoms with Gasteiger partial charge in [0.15, 0.2) is 0 Å². The first-order chi connectivity index (χ1) is 9.60. The van der Waals surface area contributed by atoms with E-state index in [1.807, 2.05) is 0 Å². The molecule has 4 aliphatic carbocycles. The van der Waals surface area contributed by atoms with Crippen molar-refractivity contribution in [1.29, 1.82) is 0 Å². The Bertz CT molecular complexity index is 476. The van der Waals surface area contributed by atoms with E-state index in [-0.39, 0.29) is 0 Å². The predicted molar refractivity (Wildman–Crippen MR) is 80.2 cm³/mol. The molecule has 0 spiro atoms. The van der Waals surface area contributed by atoms with Gasteiger partial charge in [0.05, 0.1) is 12.2 Å². The molecule has 4 aliphatic rings. The average molecular weight is 273 g/mol. The maximum atomic E-state index is 6.65. The van der Waals surface area contributed by atoms with Crippen LogP contribution in [0.5, 0.6) is 0 Å². The maximum absolute atomic E-state index is 6.65. The van der Waals surface area contributed by atoms with E-state index in [9.17, 15) is 0 Å². The monoisotopic (exact) mass is 273 g/mol. The van der Waals surface area contributed by atoms with E-state index in [0.29, 0.717) is 6.04 Å². The van der Waals surface area contributed by atoms with Gasteiger partial charge in [0.2, 0.25) is 0 Å². The van der Waals surface area contributed by atoms with Crippen molar-refractivity contribution in [1.82, 2.24) is 9.78 Å². The zero-order valence-corrected chi connectivity index (χ0v) is 12.8. The van der Waals surface area contributed by atoms with Crippen molar-refractivity contribution in [3.05, 3.63) is 17.5 Å². The van der Waals surface area contributed by atoms with Gasteiger partial charge in [0, 0.05) is 11.7 Å². The average Bonchev–Trinajstić information content (AvgIpc) is 2.66. The molecule has 1 heterocycles. The van der Waals surface area contributed by atoms with Crippen molar-refractivity contribution in [2.24, 2.45) is 35.3 Å². The van der Waals surface area contributed by atoms with Gasteiger partial charge in [-0.15, -0.1) is 0 Å². The van der Waals surface area contributed by atoms with Gasteiger partial charge in [-0.3, -0.25) is 4.68 Å². The molecule has 0 amide bonds. The van der Waals surface area contributed by atoms with Crippen molar-refractivity contribution in [3.8, 4) is 0 Å². The molecule has 4 bridgehead atoms. The fraction of sp³-hybridized carbons (Fsp3) is 0.824. The lowest BCUT2D eigenvalue weighted by molar-refractivity contribution is -0.0489. The second-order valence-corrected chi connectivity index (χ2v) is 7.78. The largest absolute Gasteiger partial charge is 0.326 e. The number of hydrogen-bond acceptors (Lipinski definition) is 2. The molecule has 1 aromatic heterocycles. The van der Waals surface area contributed by atoms with Crippen LogP contribution in [0.3, 0.4) is 0 Å². The number of nitrogens with zero attached hydrogens (tertiary/aromatic N) is 2. The lowest BCUT2D eigenvalue weighted by atomic mass is 9.50. The molecular formula is C17H27N3. The first kappa shape index (κ1) is 12.9. The molecule has 20 heavy (non-hydrogen) atoms. The lowest BCUT2D eigenvalue weighted by Gasteiger charge is -2.56. The van der Waals surface area contributed by atoms with Crippen molar-refractivity contribution < 1.29 is 0 Å². The van der Waals surface area contributed by atoms with Crippen LogP contribution in [0.25, 0.3) is 0 Å². The first-order valence-electron chi connectivity index (χ1n) is 8.36. The summed E-state index contributed by atoms with van der Waals surface area (Å²) in [4.78, 5) is 0. The standard InChI is InChI=1S/C17H27N3/c1-10-3-11(2)20(19-10)9-16(18)17-14-5-12-4-13(7-14)8-15(17)6-12/h3,12-17H,4-9,18H2,1-2H3. The summed E-state index contributed by atoms with van der Waals surface area (Å²) in [6.07, 6.45) is 7.36. The van der Waals surface area contributed by atoms with E-state index >= 15 is 0 Å². The summed E-state index contributed by atoms with van der Waals surface area (Å²) in [6, 6.07) is 2.45. The molecule has 1 atom stereocenters. The van der Waals surface area contributed by atoms with Crippen LogP contribution >= 0.6 is 0 Å². The molecule has 1 aromatic rings. The third-order valence-electron chi connectivity index (χ3n) is 6.28. The van der Waals surface area contributed by atoms with Crippen LogP contribution in [0.2, 0.25) is 0 Å². The SMILES string of the molecule is Cc1cc(C)n(CC(N)C2C3CC4CC(C3)CC2C4)n1. The van der Waals surface area contributed by atoms with Gasteiger partial charge in [0.1, 0.15) is 0 Å². The fourth-order valence-corrected chi connectivity index (χ4v) is 5.85. The summed E-state index contributed by atoms with van der Waals surface area (Å²) in [5.41, 5.74) is 9.01. The smallest absolute Gasteiger partial charge is 0.0596 e. The maximum Gasteiger partial charge on any atom is 0.0596 e. The molecule has 0 aliphatic heterocycles. The summed E-state index contributed by atoms with van der Waals surface area (Å²) in [7, 11) is 0.